The van der Waals surface area contributed by atoms with Crippen LogP contribution in [0.1, 0.15) is 11.9 Å². The van der Waals surface area contributed by atoms with Crippen molar-refractivity contribution in [3.8, 4) is 0 Å². The van der Waals surface area contributed by atoms with E-state index in [1.807, 2.05) is 31.2 Å². The van der Waals surface area contributed by atoms with Crippen molar-refractivity contribution in [3.63, 3.8) is 0 Å². The first-order valence-electron chi connectivity index (χ1n) is 5.75. The first-order chi connectivity index (χ1) is 8.50. The normalized spacial score (nSPS) is 13.9. The Balaban J connectivity index is 2.18. The van der Waals surface area contributed by atoms with Gasteiger partial charge in [-0.2, -0.15) is 0 Å². The van der Waals surface area contributed by atoms with Crippen LogP contribution in [0.25, 0.3) is 10.2 Å². The average molecular weight is 284 g/mol. The van der Waals surface area contributed by atoms with Gasteiger partial charge in [0.25, 0.3) is 0 Å². The molecule has 1 aromatic carbocycles. The summed E-state index contributed by atoms with van der Waals surface area (Å²) in [6.45, 7) is 2.23. The van der Waals surface area contributed by atoms with Crippen molar-refractivity contribution in [2.45, 2.75) is 12.7 Å². The minimum atomic E-state index is -3.13. The number of hydrogen-bond acceptors (Lipinski definition) is 5. The van der Waals surface area contributed by atoms with Gasteiger partial charge in [0.15, 0.2) is 9.84 Å². The minimum Gasteiger partial charge on any atom is -0.330 e. The lowest BCUT2D eigenvalue weighted by Crippen LogP contribution is -2.22. The summed E-state index contributed by atoms with van der Waals surface area (Å²) in [5.41, 5.74) is 6.32. The van der Waals surface area contributed by atoms with Crippen molar-refractivity contribution in [1.82, 2.24) is 4.98 Å². The summed E-state index contributed by atoms with van der Waals surface area (Å²) < 4.78 is 24.9. The SMILES string of the molecule is CC(CN)CS(=O)(=O)Cc1nc2ccccc2s1. The molecule has 4 nitrogen and oxygen atoms in total. The van der Waals surface area contributed by atoms with E-state index in [9.17, 15) is 8.42 Å². The van der Waals surface area contributed by atoms with Gasteiger partial charge < -0.3 is 5.73 Å². The monoisotopic (exact) mass is 284 g/mol. The molecule has 1 heterocycles. The highest BCUT2D eigenvalue weighted by Crippen LogP contribution is 2.23. The number of nitrogens with zero attached hydrogens (tertiary/aromatic N) is 1. The molecule has 0 bridgehead atoms. The number of rotatable bonds is 5. The van der Waals surface area contributed by atoms with E-state index in [1.54, 1.807) is 0 Å². The van der Waals surface area contributed by atoms with Gasteiger partial charge in [-0.3, -0.25) is 0 Å². The van der Waals surface area contributed by atoms with Crippen LogP contribution < -0.4 is 5.73 Å². The molecule has 1 aromatic heterocycles. The van der Waals surface area contributed by atoms with E-state index < -0.39 is 9.84 Å². The van der Waals surface area contributed by atoms with E-state index in [1.165, 1.54) is 11.3 Å². The van der Waals surface area contributed by atoms with Gasteiger partial charge in [0.05, 0.1) is 16.0 Å². The van der Waals surface area contributed by atoms with Gasteiger partial charge in [0, 0.05) is 0 Å². The molecular formula is C12H16N2O2S2. The van der Waals surface area contributed by atoms with E-state index in [0.717, 1.165) is 10.2 Å². The quantitative estimate of drug-likeness (QED) is 0.908. The third kappa shape index (κ3) is 3.28. The molecule has 2 rings (SSSR count). The predicted molar refractivity (Wildman–Crippen MR) is 75.3 cm³/mol. The summed E-state index contributed by atoms with van der Waals surface area (Å²) in [5, 5.41) is 0.653. The summed E-state index contributed by atoms with van der Waals surface area (Å²) in [7, 11) is -3.13. The van der Waals surface area contributed by atoms with Crippen LogP contribution in [0.2, 0.25) is 0 Å². The predicted octanol–water partition coefficient (Wildman–Crippen LogP) is 1.81. The summed E-state index contributed by atoms with van der Waals surface area (Å²) >= 11 is 1.44. The number of thiazole rings is 1. The molecule has 0 aliphatic rings. The van der Waals surface area contributed by atoms with Gasteiger partial charge in [0.1, 0.15) is 10.8 Å². The maximum absolute atomic E-state index is 12.0. The Bertz CT molecular complexity index is 601. The average Bonchev–Trinajstić information content (AvgIpc) is 2.68. The van der Waals surface area contributed by atoms with Crippen LogP contribution in [0.3, 0.4) is 0 Å². The topological polar surface area (TPSA) is 73.1 Å². The number of nitrogens with two attached hydrogens (primary N) is 1. The minimum absolute atomic E-state index is 0.00983. The van der Waals surface area contributed by atoms with Crippen LogP contribution in [-0.2, 0) is 15.6 Å². The van der Waals surface area contributed by atoms with E-state index in [2.05, 4.69) is 4.98 Å². The Morgan fingerprint density at radius 2 is 2.11 bits per heavy atom. The number of fused-ring (bicyclic) bond motifs is 1. The Morgan fingerprint density at radius 3 is 2.78 bits per heavy atom. The Morgan fingerprint density at radius 1 is 1.39 bits per heavy atom. The maximum atomic E-state index is 12.0. The van der Waals surface area contributed by atoms with Crippen molar-refractivity contribution in [3.05, 3.63) is 29.3 Å². The van der Waals surface area contributed by atoms with E-state index in [0.29, 0.717) is 11.6 Å². The van der Waals surface area contributed by atoms with Crippen LogP contribution in [-0.4, -0.2) is 25.7 Å². The highest BCUT2D eigenvalue weighted by atomic mass is 32.2. The molecule has 0 aliphatic heterocycles. The second kappa shape index (κ2) is 5.34. The third-order valence-electron chi connectivity index (χ3n) is 2.62. The van der Waals surface area contributed by atoms with Crippen molar-refractivity contribution in [1.29, 1.82) is 0 Å². The second-order valence-corrected chi connectivity index (χ2v) is 7.70. The van der Waals surface area contributed by atoms with Gasteiger partial charge in [-0.15, -0.1) is 11.3 Å². The van der Waals surface area contributed by atoms with Crippen LogP contribution in [0.4, 0.5) is 0 Å². The Hall–Kier alpha value is -0.980. The molecule has 0 saturated heterocycles. The first-order valence-corrected chi connectivity index (χ1v) is 8.39. The maximum Gasteiger partial charge on any atom is 0.157 e. The van der Waals surface area contributed by atoms with Crippen LogP contribution in [0, 0.1) is 5.92 Å². The molecule has 6 heteroatoms. The van der Waals surface area contributed by atoms with Crippen molar-refractivity contribution in [2.24, 2.45) is 11.7 Å². The van der Waals surface area contributed by atoms with Gasteiger partial charge in [-0.05, 0) is 24.6 Å². The summed E-state index contributed by atoms with van der Waals surface area (Å²) in [4.78, 5) is 4.34. The van der Waals surface area contributed by atoms with E-state index in [4.69, 9.17) is 5.73 Å². The van der Waals surface area contributed by atoms with Crippen LogP contribution >= 0.6 is 11.3 Å². The molecule has 1 atom stereocenters. The smallest absolute Gasteiger partial charge is 0.157 e. The molecule has 0 spiro atoms. The summed E-state index contributed by atoms with van der Waals surface area (Å²) in [6.07, 6.45) is 0. The van der Waals surface area contributed by atoms with Crippen molar-refractivity contribution >= 4 is 31.4 Å². The Kier molecular flexibility index (Phi) is 3.99. The number of benzene rings is 1. The lowest BCUT2D eigenvalue weighted by Gasteiger charge is -2.07. The standard InChI is InChI=1S/C12H16N2O2S2/c1-9(6-13)7-18(15,16)8-12-14-10-4-2-3-5-11(10)17-12/h2-5,9H,6-8,13H2,1H3. The van der Waals surface area contributed by atoms with Crippen molar-refractivity contribution in [2.75, 3.05) is 12.3 Å². The molecule has 2 N–H and O–H groups in total. The fourth-order valence-electron chi connectivity index (χ4n) is 1.73. The fourth-order valence-corrected chi connectivity index (χ4v) is 4.83. The molecule has 0 saturated carbocycles. The number of para-hydroxylation sites is 1. The van der Waals surface area contributed by atoms with Crippen LogP contribution in [0.5, 0.6) is 0 Å². The molecule has 98 valence electrons. The number of sulfone groups is 1. The van der Waals surface area contributed by atoms with Gasteiger partial charge >= 0.3 is 0 Å². The molecule has 0 aliphatic carbocycles. The second-order valence-electron chi connectivity index (χ2n) is 4.47. The van der Waals surface area contributed by atoms with Gasteiger partial charge in [0.2, 0.25) is 0 Å². The fraction of sp³-hybridized carbons (Fsp3) is 0.417. The van der Waals surface area contributed by atoms with E-state index >= 15 is 0 Å². The van der Waals surface area contributed by atoms with Gasteiger partial charge in [-0.25, -0.2) is 13.4 Å². The molecular weight excluding hydrogens is 268 g/mol. The zero-order valence-corrected chi connectivity index (χ0v) is 11.8. The molecule has 2 aromatic rings. The first kappa shape index (κ1) is 13.5. The Labute approximate surface area is 111 Å². The third-order valence-corrected chi connectivity index (χ3v) is 5.63. The molecule has 18 heavy (non-hydrogen) atoms. The molecule has 0 radical (unpaired) electrons. The molecule has 0 fully saturated rings. The molecule has 0 amide bonds. The zero-order chi connectivity index (χ0) is 13.2. The van der Waals surface area contributed by atoms with Crippen LogP contribution in [0.15, 0.2) is 24.3 Å². The van der Waals surface area contributed by atoms with Gasteiger partial charge in [-0.1, -0.05) is 19.1 Å². The number of aromatic nitrogens is 1. The summed E-state index contributed by atoms with van der Waals surface area (Å²) in [5.74, 6) is 0.125. The highest BCUT2D eigenvalue weighted by Gasteiger charge is 2.18. The largest absolute Gasteiger partial charge is 0.330 e. The zero-order valence-electron chi connectivity index (χ0n) is 10.2. The number of hydrogen-bond donors (Lipinski definition) is 1. The lowest BCUT2D eigenvalue weighted by atomic mass is 10.2. The lowest BCUT2D eigenvalue weighted by molar-refractivity contribution is 0.573. The molecule has 1 unspecified atom stereocenters. The van der Waals surface area contributed by atoms with E-state index in [-0.39, 0.29) is 17.4 Å². The van der Waals surface area contributed by atoms with Crippen molar-refractivity contribution < 1.29 is 8.42 Å². The highest BCUT2D eigenvalue weighted by molar-refractivity contribution is 7.90. The summed E-state index contributed by atoms with van der Waals surface area (Å²) in [6, 6.07) is 7.67.